The summed E-state index contributed by atoms with van der Waals surface area (Å²) in [5.41, 5.74) is 2.79. The highest BCUT2D eigenvalue weighted by Gasteiger charge is 2.30. The van der Waals surface area contributed by atoms with Crippen LogP contribution in [0.1, 0.15) is 0 Å². The van der Waals surface area contributed by atoms with E-state index < -0.39 is 7.14 Å². The number of hydrogen-bond acceptors (Lipinski definition) is 2. The molecule has 0 aliphatic heterocycles. The predicted molar refractivity (Wildman–Crippen MR) is 197 cm³/mol. The summed E-state index contributed by atoms with van der Waals surface area (Å²) in [5, 5.41) is 13.1. The quantitative estimate of drug-likeness (QED) is 0.148. The van der Waals surface area contributed by atoms with Gasteiger partial charge < -0.3 is 4.57 Å². The van der Waals surface area contributed by atoms with Gasteiger partial charge in [-0.05, 0) is 44.5 Å². The van der Waals surface area contributed by atoms with Crippen LogP contribution in [0.4, 0.5) is 0 Å². The van der Waals surface area contributed by atoms with Gasteiger partial charge in [0.25, 0.3) is 0 Å². The van der Waals surface area contributed by atoms with E-state index in [9.17, 15) is 0 Å². The molecule has 0 N–H and O–H groups in total. The van der Waals surface area contributed by atoms with Crippen LogP contribution in [0.2, 0.25) is 0 Å². The number of fused-ring (bicyclic) bond motifs is 10. The van der Waals surface area contributed by atoms with Crippen molar-refractivity contribution in [3.63, 3.8) is 0 Å². The molecule has 0 aliphatic rings. The van der Waals surface area contributed by atoms with Gasteiger partial charge in [-0.15, -0.1) is 0 Å². The zero-order chi connectivity index (χ0) is 30.7. The van der Waals surface area contributed by atoms with Gasteiger partial charge in [-0.3, -0.25) is 0 Å². The minimum atomic E-state index is -3.18. The standard InChI is InChI=1S/C43H28NOP/c45-46(31-16-3-1-4-17-31,32-18-5-2-6-19-32)33-20-13-15-30(28-33)43-42-38-25-12-10-23-36(38)35-22-9-11-24-37(35)41(42)40-34-21-8-7-14-29(34)26-27-39(40)44-43/h1-28H. The molecule has 0 unspecified atom stereocenters. The highest BCUT2D eigenvalue weighted by atomic mass is 31.2. The zero-order valence-electron chi connectivity index (χ0n) is 25.0. The molecule has 46 heavy (non-hydrogen) atoms. The van der Waals surface area contributed by atoms with Gasteiger partial charge in [0.1, 0.15) is 0 Å². The Hall–Kier alpha value is -5.56. The van der Waals surface area contributed by atoms with Crippen molar-refractivity contribution in [1.29, 1.82) is 0 Å². The molecule has 0 amide bonds. The lowest BCUT2D eigenvalue weighted by atomic mass is 9.88. The van der Waals surface area contributed by atoms with Crippen molar-refractivity contribution in [2.24, 2.45) is 0 Å². The van der Waals surface area contributed by atoms with Crippen molar-refractivity contribution in [2.75, 3.05) is 0 Å². The summed E-state index contributed by atoms with van der Waals surface area (Å²) in [6.45, 7) is 0. The van der Waals surface area contributed by atoms with Gasteiger partial charge >= 0.3 is 0 Å². The van der Waals surface area contributed by atoms with Crippen molar-refractivity contribution >= 4 is 77.0 Å². The molecular weight excluding hydrogens is 577 g/mol. The summed E-state index contributed by atoms with van der Waals surface area (Å²) in [6.07, 6.45) is 0. The van der Waals surface area contributed by atoms with Crippen LogP contribution >= 0.6 is 7.14 Å². The average Bonchev–Trinajstić information content (AvgIpc) is 3.14. The zero-order valence-corrected chi connectivity index (χ0v) is 25.9. The minimum absolute atomic E-state index is 0.793. The highest BCUT2D eigenvalue weighted by molar-refractivity contribution is 7.85. The second-order valence-corrected chi connectivity index (χ2v) is 14.6. The van der Waals surface area contributed by atoms with Crippen molar-refractivity contribution in [3.05, 3.63) is 170 Å². The van der Waals surface area contributed by atoms with Gasteiger partial charge in [-0.2, -0.15) is 0 Å². The normalized spacial score (nSPS) is 12.0. The van der Waals surface area contributed by atoms with E-state index in [2.05, 4.69) is 97.1 Å². The Morgan fingerprint density at radius 3 is 1.57 bits per heavy atom. The largest absolute Gasteiger partial charge is 0.309 e. The van der Waals surface area contributed by atoms with E-state index >= 15 is 4.57 Å². The summed E-state index contributed by atoms with van der Waals surface area (Å²) < 4.78 is 15.4. The molecule has 0 bridgehead atoms. The van der Waals surface area contributed by atoms with Gasteiger partial charge in [0.15, 0.2) is 7.14 Å². The number of rotatable bonds is 4. The van der Waals surface area contributed by atoms with Crippen LogP contribution in [-0.2, 0) is 4.57 Å². The van der Waals surface area contributed by atoms with E-state index in [-0.39, 0.29) is 0 Å². The lowest BCUT2D eigenvalue weighted by molar-refractivity contribution is 0.592. The van der Waals surface area contributed by atoms with Crippen LogP contribution in [0.15, 0.2) is 170 Å². The number of nitrogens with zero attached hydrogens (tertiary/aromatic N) is 1. The van der Waals surface area contributed by atoms with E-state index in [0.29, 0.717) is 0 Å². The number of pyridine rings is 1. The third-order valence-corrected chi connectivity index (χ3v) is 12.3. The minimum Gasteiger partial charge on any atom is -0.309 e. The van der Waals surface area contributed by atoms with Crippen LogP contribution in [0, 0.1) is 0 Å². The molecule has 0 saturated carbocycles. The Labute approximate surface area is 267 Å². The van der Waals surface area contributed by atoms with Crippen LogP contribution in [0.25, 0.3) is 65.3 Å². The third kappa shape index (κ3) is 3.97. The van der Waals surface area contributed by atoms with E-state index in [4.69, 9.17) is 4.98 Å². The van der Waals surface area contributed by atoms with E-state index in [0.717, 1.165) is 48.8 Å². The Morgan fingerprint density at radius 2 is 0.913 bits per heavy atom. The number of aromatic nitrogens is 1. The van der Waals surface area contributed by atoms with Gasteiger partial charge in [-0.25, -0.2) is 4.98 Å². The Kier molecular flexibility index (Phi) is 6.13. The summed E-state index contributed by atoms with van der Waals surface area (Å²) in [5.74, 6) is 0. The summed E-state index contributed by atoms with van der Waals surface area (Å²) >= 11 is 0. The first-order valence-electron chi connectivity index (χ1n) is 15.6. The van der Waals surface area contributed by atoms with Gasteiger partial charge in [0.2, 0.25) is 0 Å². The highest BCUT2D eigenvalue weighted by Crippen LogP contribution is 2.46. The van der Waals surface area contributed by atoms with Crippen LogP contribution < -0.4 is 15.9 Å². The first kappa shape index (κ1) is 26.8. The fraction of sp³-hybridized carbons (Fsp3) is 0. The van der Waals surface area contributed by atoms with Crippen molar-refractivity contribution in [3.8, 4) is 11.3 Å². The summed E-state index contributed by atoms with van der Waals surface area (Å²) in [7, 11) is -3.18. The molecule has 0 radical (unpaired) electrons. The molecule has 9 aromatic rings. The molecule has 2 nitrogen and oxygen atoms in total. The molecule has 0 saturated heterocycles. The van der Waals surface area contributed by atoms with E-state index in [1.165, 1.54) is 32.3 Å². The smallest absolute Gasteiger partial charge is 0.171 e. The molecule has 9 rings (SSSR count). The van der Waals surface area contributed by atoms with Crippen LogP contribution in [-0.4, -0.2) is 4.98 Å². The molecule has 0 fully saturated rings. The molecule has 0 atom stereocenters. The summed E-state index contributed by atoms with van der Waals surface area (Å²) in [6, 6.07) is 58.3. The molecular formula is C43H28NOP. The third-order valence-electron chi connectivity index (χ3n) is 9.28. The monoisotopic (exact) mass is 605 g/mol. The van der Waals surface area contributed by atoms with Crippen molar-refractivity contribution < 1.29 is 4.57 Å². The fourth-order valence-electron chi connectivity index (χ4n) is 7.22. The van der Waals surface area contributed by atoms with Gasteiger partial charge in [0, 0.05) is 37.6 Å². The molecule has 3 heteroatoms. The van der Waals surface area contributed by atoms with E-state index in [1.807, 2.05) is 72.8 Å². The predicted octanol–water partition coefficient (Wildman–Crippen LogP) is 10.2. The lowest BCUT2D eigenvalue weighted by Crippen LogP contribution is -2.25. The van der Waals surface area contributed by atoms with E-state index in [1.54, 1.807) is 0 Å². The maximum atomic E-state index is 15.4. The molecule has 216 valence electrons. The molecule has 1 aromatic heterocycles. The van der Waals surface area contributed by atoms with Crippen LogP contribution in [0.3, 0.4) is 0 Å². The Balaban J connectivity index is 1.44. The first-order valence-corrected chi connectivity index (χ1v) is 17.3. The van der Waals surface area contributed by atoms with Gasteiger partial charge in [-0.1, -0.05) is 158 Å². The molecule has 1 heterocycles. The summed E-state index contributed by atoms with van der Waals surface area (Å²) in [4.78, 5) is 5.46. The Bertz CT molecular complexity index is 2610. The number of hydrogen-bond donors (Lipinski definition) is 0. The second-order valence-electron chi connectivity index (χ2n) is 11.8. The topological polar surface area (TPSA) is 30.0 Å². The molecule has 0 aliphatic carbocycles. The molecule has 8 aromatic carbocycles. The lowest BCUT2D eigenvalue weighted by Gasteiger charge is -2.21. The van der Waals surface area contributed by atoms with Crippen LogP contribution in [0.5, 0.6) is 0 Å². The first-order chi connectivity index (χ1) is 22.7. The Morgan fingerprint density at radius 1 is 0.391 bits per heavy atom. The second kappa shape index (κ2) is 10.5. The van der Waals surface area contributed by atoms with Crippen molar-refractivity contribution in [2.45, 2.75) is 0 Å². The fourth-order valence-corrected chi connectivity index (χ4v) is 9.92. The van der Waals surface area contributed by atoms with Gasteiger partial charge in [0.05, 0.1) is 11.2 Å². The average molecular weight is 606 g/mol. The maximum absolute atomic E-state index is 15.4. The number of benzene rings is 8. The molecule has 0 spiro atoms. The SMILES string of the molecule is O=P(c1ccccc1)(c1ccccc1)c1cccc(-c2nc3ccc4ccccc4c3c3c4ccccc4c4ccccc4c23)c1. The van der Waals surface area contributed by atoms with Crippen molar-refractivity contribution in [1.82, 2.24) is 4.98 Å². The maximum Gasteiger partial charge on any atom is 0.171 e.